The minimum Gasteiger partial charge on any atom is -0.346 e. The van der Waals surface area contributed by atoms with Crippen molar-refractivity contribution in [3.63, 3.8) is 0 Å². The summed E-state index contributed by atoms with van der Waals surface area (Å²) in [6.45, 7) is 6.23. The van der Waals surface area contributed by atoms with E-state index < -0.39 is 0 Å². The number of aryl methyl sites for hydroxylation is 1. The van der Waals surface area contributed by atoms with Gasteiger partial charge < -0.3 is 4.90 Å². The van der Waals surface area contributed by atoms with Crippen LogP contribution in [0, 0.1) is 6.92 Å². The average Bonchev–Trinajstić information content (AvgIpc) is 2.59. The summed E-state index contributed by atoms with van der Waals surface area (Å²) in [4.78, 5) is 6.69. The van der Waals surface area contributed by atoms with Gasteiger partial charge in [0, 0.05) is 30.0 Å². The lowest BCUT2D eigenvalue weighted by atomic mass is 10.3. The fraction of sp³-hybridized carbons (Fsp3) is 0.778. The third-order valence-electron chi connectivity index (χ3n) is 1.92. The van der Waals surface area contributed by atoms with Gasteiger partial charge in [-0.15, -0.1) is 0 Å². The summed E-state index contributed by atoms with van der Waals surface area (Å²) in [6.07, 6.45) is 2.43. The van der Waals surface area contributed by atoms with Crippen molar-refractivity contribution < 1.29 is 0 Å². The first-order chi connectivity index (χ1) is 6.77. The Kier molecular flexibility index (Phi) is 5.40. The van der Waals surface area contributed by atoms with Gasteiger partial charge in [0.25, 0.3) is 0 Å². The lowest BCUT2D eigenvalue weighted by Gasteiger charge is -2.19. The van der Waals surface area contributed by atoms with Crippen molar-refractivity contribution in [2.24, 2.45) is 0 Å². The highest BCUT2D eigenvalue weighted by Crippen LogP contribution is 2.17. The third-order valence-corrected chi connectivity index (χ3v) is 3.15. The number of alkyl halides is 1. The minimum absolute atomic E-state index is 0.876. The molecule has 1 aromatic heterocycles. The number of anilines is 1. The molecule has 1 heterocycles. The Hall–Kier alpha value is -0.160. The Morgan fingerprint density at radius 3 is 2.71 bits per heavy atom. The monoisotopic (exact) mass is 277 g/mol. The standard InChI is InChI=1S/C9H16BrN3S/c1-3-4-6-13(7-5-10)9-11-8(2)12-14-9/h3-7H2,1-2H3. The smallest absolute Gasteiger partial charge is 0.205 e. The first-order valence-corrected chi connectivity index (χ1v) is 6.78. The predicted molar refractivity (Wildman–Crippen MR) is 65.6 cm³/mol. The van der Waals surface area contributed by atoms with Gasteiger partial charge in [-0.2, -0.15) is 4.37 Å². The van der Waals surface area contributed by atoms with Gasteiger partial charge in [0.1, 0.15) is 5.82 Å². The second-order valence-corrected chi connectivity index (χ2v) is 4.68. The molecule has 3 nitrogen and oxygen atoms in total. The SMILES string of the molecule is CCCCN(CCBr)c1nc(C)ns1. The maximum atomic E-state index is 4.40. The number of unbranched alkanes of at least 4 members (excludes halogenated alkanes) is 1. The summed E-state index contributed by atoms with van der Waals surface area (Å²) < 4.78 is 4.20. The molecule has 0 unspecified atom stereocenters. The number of nitrogens with zero attached hydrogens (tertiary/aromatic N) is 3. The van der Waals surface area contributed by atoms with Crippen molar-refractivity contribution in [2.75, 3.05) is 23.3 Å². The number of rotatable bonds is 6. The van der Waals surface area contributed by atoms with Gasteiger partial charge in [0.2, 0.25) is 5.13 Å². The topological polar surface area (TPSA) is 29.0 Å². The molecule has 0 aromatic carbocycles. The van der Waals surface area contributed by atoms with E-state index in [1.807, 2.05) is 6.92 Å². The maximum Gasteiger partial charge on any atom is 0.205 e. The molecule has 0 aliphatic heterocycles. The van der Waals surface area contributed by atoms with E-state index in [-0.39, 0.29) is 0 Å². The normalized spacial score (nSPS) is 10.5. The van der Waals surface area contributed by atoms with Crippen molar-refractivity contribution in [3.8, 4) is 0 Å². The van der Waals surface area contributed by atoms with Crippen LogP contribution < -0.4 is 4.90 Å². The van der Waals surface area contributed by atoms with E-state index in [1.165, 1.54) is 24.4 Å². The zero-order chi connectivity index (χ0) is 10.4. The van der Waals surface area contributed by atoms with Crippen molar-refractivity contribution >= 4 is 32.6 Å². The summed E-state index contributed by atoms with van der Waals surface area (Å²) in [5.74, 6) is 0.876. The van der Waals surface area contributed by atoms with Crippen molar-refractivity contribution in [1.29, 1.82) is 0 Å². The van der Waals surface area contributed by atoms with Gasteiger partial charge in [0.15, 0.2) is 0 Å². The van der Waals surface area contributed by atoms with Crippen LogP contribution in [0.4, 0.5) is 5.13 Å². The highest BCUT2D eigenvalue weighted by Gasteiger charge is 2.09. The van der Waals surface area contributed by atoms with Crippen molar-refractivity contribution in [3.05, 3.63) is 5.82 Å². The predicted octanol–water partition coefficient (Wildman–Crippen LogP) is 2.85. The third kappa shape index (κ3) is 3.53. The molecule has 0 saturated heterocycles. The average molecular weight is 278 g/mol. The van der Waals surface area contributed by atoms with E-state index in [0.29, 0.717) is 0 Å². The van der Waals surface area contributed by atoms with Crippen molar-refractivity contribution in [1.82, 2.24) is 9.36 Å². The molecule has 0 N–H and O–H groups in total. The summed E-state index contributed by atoms with van der Waals surface area (Å²) in [7, 11) is 0. The Balaban J connectivity index is 2.57. The van der Waals surface area contributed by atoms with Crippen LogP contribution in [0.1, 0.15) is 25.6 Å². The second-order valence-electron chi connectivity index (χ2n) is 3.15. The number of hydrogen-bond donors (Lipinski definition) is 0. The second kappa shape index (κ2) is 6.35. The van der Waals surface area contributed by atoms with Gasteiger partial charge in [-0.05, 0) is 13.3 Å². The molecule has 0 amide bonds. The molecule has 0 spiro atoms. The van der Waals surface area contributed by atoms with Crippen LogP contribution in [0.5, 0.6) is 0 Å². The Labute approximate surface area is 97.8 Å². The molecule has 14 heavy (non-hydrogen) atoms. The molecule has 5 heteroatoms. The van der Waals surface area contributed by atoms with Crippen molar-refractivity contribution in [2.45, 2.75) is 26.7 Å². The summed E-state index contributed by atoms with van der Waals surface area (Å²) >= 11 is 4.95. The van der Waals surface area contributed by atoms with E-state index in [1.54, 1.807) is 0 Å². The van der Waals surface area contributed by atoms with E-state index >= 15 is 0 Å². The van der Waals surface area contributed by atoms with E-state index in [2.05, 4.69) is 37.1 Å². The zero-order valence-corrected chi connectivity index (χ0v) is 11.1. The van der Waals surface area contributed by atoms with Gasteiger partial charge in [-0.25, -0.2) is 4.98 Å². The van der Waals surface area contributed by atoms with Gasteiger partial charge >= 0.3 is 0 Å². The molecular weight excluding hydrogens is 262 g/mol. The first kappa shape index (κ1) is 11.9. The van der Waals surface area contributed by atoms with Crippen LogP contribution in [0.15, 0.2) is 0 Å². The lowest BCUT2D eigenvalue weighted by Crippen LogP contribution is -2.26. The van der Waals surface area contributed by atoms with Crippen LogP contribution >= 0.6 is 27.5 Å². The first-order valence-electron chi connectivity index (χ1n) is 4.89. The molecule has 0 aliphatic rings. The van der Waals surface area contributed by atoms with Gasteiger partial charge in [0.05, 0.1) is 0 Å². The molecular formula is C9H16BrN3S. The highest BCUT2D eigenvalue weighted by atomic mass is 79.9. The number of hydrogen-bond acceptors (Lipinski definition) is 4. The zero-order valence-electron chi connectivity index (χ0n) is 8.66. The fourth-order valence-corrected chi connectivity index (χ4v) is 2.32. The molecule has 80 valence electrons. The van der Waals surface area contributed by atoms with E-state index in [4.69, 9.17) is 0 Å². The largest absolute Gasteiger partial charge is 0.346 e. The van der Waals surface area contributed by atoms with Gasteiger partial charge in [-0.1, -0.05) is 29.3 Å². The van der Waals surface area contributed by atoms with Crippen LogP contribution in [-0.2, 0) is 0 Å². The Morgan fingerprint density at radius 2 is 2.21 bits per heavy atom. The van der Waals surface area contributed by atoms with Crippen LogP contribution in [-0.4, -0.2) is 27.8 Å². The summed E-state index contributed by atoms with van der Waals surface area (Å²) in [5, 5.41) is 2.03. The van der Waals surface area contributed by atoms with E-state index in [0.717, 1.165) is 29.4 Å². The van der Waals surface area contributed by atoms with E-state index in [9.17, 15) is 0 Å². The van der Waals surface area contributed by atoms with Gasteiger partial charge in [-0.3, -0.25) is 0 Å². The Bertz CT molecular complexity index is 264. The molecule has 0 saturated carbocycles. The van der Waals surface area contributed by atoms with Crippen LogP contribution in [0.25, 0.3) is 0 Å². The molecule has 0 atom stereocenters. The molecule has 0 bridgehead atoms. The molecule has 0 aliphatic carbocycles. The number of aromatic nitrogens is 2. The summed E-state index contributed by atoms with van der Waals surface area (Å²) in [6, 6.07) is 0. The van der Waals surface area contributed by atoms with Crippen LogP contribution in [0.2, 0.25) is 0 Å². The molecule has 1 aromatic rings. The molecule has 0 radical (unpaired) electrons. The number of halogens is 1. The Morgan fingerprint density at radius 1 is 1.43 bits per heavy atom. The minimum atomic E-state index is 0.876. The quantitative estimate of drug-likeness (QED) is 0.749. The lowest BCUT2D eigenvalue weighted by molar-refractivity contribution is 0.732. The molecule has 1 rings (SSSR count). The van der Waals surface area contributed by atoms with Crippen LogP contribution in [0.3, 0.4) is 0 Å². The fourth-order valence-electron chi connectivity index (χ4n) is 1.17. The maximum absolute atomic E-state index is 4.40. The summed E-state index contributed by atoms with van der Waals surface area (Å²) in [5.41, 5.74) is 0. The molecule has 0 fully saturated rings. The highest BCUT2D eigenvalue weighted by molar-refractivity contribution is 9.09.